The van der Waals surface area contributed by atoms with Gasteiger partial charge in [0.25, 0.3) is 0 Å². The number of hydrogen-bond acceptors (Lipinski definition) is 7. The molecule has 1 aromatic carbocycles. The van der Waals surface area contributed by atoms with Crippen molar-refractivity contribution in [1.29, 1.82) is 0 Å². The zero-order chi connectivity index (χ0) is 16.4. The van der Waals surface area contributed by atoms with E-state index in [-0.39, 0.29) is 0 Å². The number of rotatable bonds is 5. The predicted octanol–water partition coefficient (Wildman–Crippen LogP) is 2.40. The first-order valence-corrected chi connectivity index (χ1v) is 7.94. The maximum Gasteiger partial charge on any atom is 0.231 e. The van der Waals surface area contributed by atoms with Crippen LogP contribution in [0.15, 0.2) is 39.5 Å². The Labute approximate surface area is 139 Å². The first-order chi connectivity index (χ1) is 11.8. The Hall–Kier alpha value is -2.67. The van der Waals surface area contributed by atoms with Crippen molar-refractivity contribution >= 4 is 0 Å². The summed E-state index contributed by atoms with van der Waals surface area (Å²) in [7, 11) is 1.64. The number of hydrogen-bond donors (Lipinski definition) is 1. The lowest BCUT2D eigenvalue weighted by Gasteiger charge is -1.99. The van der Waals surface area contributed by atoms with Crippen molar-refractivity contribution in [2.75, 3.05) is 20.2 Å². The van der Waals surface area contributed by atoms with Crippen molar-refractivity contribution in [3.05, 3.63) is 47.9 Å². The molecule has 1 N–H and O–H groups in total. The van der Waals surface area contributed by atoms with E-state index in [4.69, 9.17) is 13.7 Å². The normalized spacial score (nSPS) is 17.3. The molecule has 1 fully saturated rings. The van der Waals surface area contributed by atoms with Crippen LogP contribution in [0.5, 0.6) is 5.75 Å². The van der Waals surface area contributed by atoms with Crippen LogP contribution in [0, 0.1) is 0 Å². The second kappa shape index (κ2) is 6.45. The predicted molar refractivity (Wildman–Crippen MR) is 85.8 cm³/mol. The fourth-order valence-electron chi connectivity index (χ4n) is 2.79. The van der Waals surface area contributed by atoms with E-state index in [2.05, 4.69) is 20.4 Å². The highest BCUT2D eigenvalue weighted by atomic mass is 16.5. The summed E-state index contributed by atoms with van der Waals surface area (Å²) in [6.45, 7) is 1.89. The van der Waals surface area contributed by atoms with Gasteiger partial charge in [-0.25, -0.2) is 4.98 Å². The largest absolute Gasteiger partial charge is 0.497 e. The lowest BCUT2D eigenvalue weighted by molar-refractivity contribution is 0.355. The molecule has 0 unspecified atom stereocenters. The van der Waals surface area contributed by atoms with Crippen LogP contribution >= 0.6 is 0 Å². The number of oxazole rings is 1. The minimum absolute atomic E-state index is 0.318. The van der Waals surface area contributed by atoms with Crippen LogP contribution < -0.4 is 10.1 Å². The molecule has 0 saturated carbocycles. The molecule has 1 aliphatic rings. The van der Waals surface area contributed by atoms with Gasteiger partial charge in [0, 0.05) is 12.1 Å². The van der Waals surface area contributed by atoms with Gasteiger partial charge in [-0.05, 0) is 37.2 Å². The van der Waals surface area contributed by atoms with E-state index in [0.717, 1.165) is 36.5 Å². The van der Waals surface area contributed by atoms with Crippen molar-refractivity contribution in [2.45, 2.75) is 18.8 Å². The van der Waals surface area contributed by atoms with Gasteiger partial charge in [-0.15, -0.1) is 0 Å². The van der Waals surface area contributed by atoms with E-state index in [0.29, 0.717) is 29.9 Å². The van der Waals surface area contributed by atoms with Gasteiger partial charge >= 0.3 is 0 Å². The molecule has 24 heavy (non-hydrogen) atoms. The Morgan fingerprint density at radius 2 is 2.12 bits per heavy atom. The minimum Gasteiger partial charge on any atom is -0.497 e. The summed E-state index contributed by atoms with van der Waals surface area (Å²) in [6, 6.07) is 7.57. The van der Waals surface area contributed by atoms with Crippen LogP contribution in [-0.4, -0.2) is 35.3 Å². The average Bonchev–Trinajstić information content (AvgIpc) is 3.37. The lowest BCUT2D eigenvalue weighted by Crippen LogP contribution is -2.08. The van der Waals surface area contributed by atoms with Crippen molar-refractivity contribution in [3.63, 3.8) is 0 Å². The van der Waals surface area contributed by atoms with Gasteiger partial charge in [-0.3, -0.25) is 0 Å². The summed E-state index contributed by atoms with van der Waals surface area (Å²) in [5.41, 5.74) is 1.67. The molecule has 0 spiro atoms. The molecule has 1 aliphatic heterocycles. The molecule has 124 valence electrons. The van der Waals surface area contributed by atoms with Gasteiger partial charge in [-0.2, -0.15) is 4.98 Å². The van der Waals surface area contributed by atoms with Gasteiger partial charge in [0.2, 0.25) is 11.8 Å². The number of nitrogens with one attached hydrogen (secondary N) is 1. The Bertz CT molecular complexity index is 803. The maximum atomic E-state index is 5.55. The monoisotopic (exact) mass is 326 g/mol. The van der Waals surface area contributed by atoms with Crippen LogP contribution in [0.2, 0.25) is 0 Å². The summed E-state index contributed by atoms with van der Waals surface area (Å²) >= 11 is 0. The molecule has 2 aromatic heterocycles. The molecule has 1 atom stereocenters. The van der Waals surface area contributed by atoms with Gasteiger partial charge in [0.1, 0.15) is 12.0 Å². The zero-order valence-corrected chi connectivity index (χ0v) is 13.4. The fourth-order valence-corrected chi connectivity index (χ4v) is 2.79. The summed E-state index contributed by atoms with van der Waals surface area (Å²) in [5, 5.41) is 7.34. The van der Waals surface area contributed by atoms with Crippen molar-refractivity contribution in [3.8, 4) is 17.2 Å². The van der Waals surface area contributed by atoms with Crippen LogP contribution in [0.4, 0.5) is 0 Å². The standard InChI is InChI=1S/C17H18N4O3/c1-22-14-4-2-11(3-5-14)16-19-13(10-23-16)8-15-20-17(24-21-15)12-6-7-18-9-12/h2-5,10,12,18H,6-9H2,1H3/t12-/m1/s1. The third-order valence-corrected chi connectivity index (χ3v) is 4.12. The summed E-state index contributed by atoms with van der Waals surface area (Å²) in [5.74, 6) is 3.02. The first-order valence-electron chi connectivity index (χ1n) is 7.94. The topological polar surface area (TPSA) is 86.2 Å². The van der Waals surface area contributed by atoms with E-state index in [9.17, 15) is 0 Å². The highest BCUT2D eigenvalue weighted by Crippen LogP contribution is 2.23. The molecule has 7 nitrogen and oxygen atoms in total. The van der Waals surface area contributed by atoms with Crippen LogP contribution in [-0.2, 0) is 6.42 Å². The number of methoxy groups -OCH3 is 1. The Morgan fingerprint density at radius 1 is 1.25 bits per heavy atom. The summed E-state index contributed by atoms with van der Waals surface area (Å²) in [4.78, 5) is 8.97. The van der Waals surface area contributed by atoms with Gasteiger partial charge < -0.3 is 19.0 Å². The number of benzene rings is 1. The number of aromatic nitrogens is 3. The second-order valence-electron chi connectivity index (χ2n) is 5.79. The first kappa shape index (κ1) is 14.9. The highest BCUT2D eigenvalue weighted by molar-refractivity contribution is 5.54. The highest BCUT2D eigenvalue weighted by Gasteiger charge is 2.23. The van der Waals surface area contributed by atoms with E-state index in [1.807, 2.05) is 24.3 Å². The molecule has 0 aliphatic carbocycles. The van der Waals surface area contributed by atoms with Crippen LogP contribution in [0.3, 0.4) is 0 Å². The second-order valence-corrected chi connectivity index (χ2v) is 5.79. The Balaban J connectivity index is 1.46. The van der Waals surface area contributed by atoms with Gasteiger partial charge in [-0.1, -0.05) is 5.16 Å². The molecule has 0 radical (unpaired) electrons. The molecular formula is C17H18N4O3. The van der Waals surface area contributed by atoms with E-state index in [1.165, 1.54) is 0 Å². The summed E-state index contributed by atoms with van der Waals surface area (Å²) < 4.78 is 16.1. The smallest absolute Gasteiger partial charge is 0.231 e. The van der Waals surface area contributed by atoms with E-state index in [1.54, 1.807) is 13.4 Å². The minimum atomic E-state index is 0.318. The molecule has 0 bridgehead atoms. The zero-order valence-electron chi connectivity index (χ0n) is 13.4. The van der Waals surface area contributed by atoms with Crippen LogP contribution in [0.1, 0.15) is 29.7 Å². The molecule has 7 heteroatoms. The molecule has 3 heterocycles. The maximum absolute atomic E-state index is 5.55. The molecule has 1 saturated heterocycles. The van der Waals surface area contributed by atoms with Gasteiger partial charge in [0.15, 0.2) is 5.82 Å². The van der Waals surface area contributed by atoms with Gasteiger partial charge in [0.05, 0.1) is 25.1 Å². The molecule has 0 amide bonds. The lowest BCUT2D eigenvalue weighted by atomic mass is 10.1. The number of nitrogens with zero attached hydrogens (tertiary/aromatic N) is 3. The SMILES string of the molecule is COc1ccc(-c2nc(Cc3noc([C@@H]4CCNC4)n3)co2)cc1. The molecule has 4 rings (SSSR count). The molecule has 3 aromatic rings. The summed E-state index contributed by atoms with van der Waals surface area (Å²) in [6.07, 6.45) is 3.16. The fraction of sp³-hybridized carbons (Fsp3) is 0.353. The Morgan fingerprint density at radius 3 is 2.88 bits per heavy atom. The van der Waals surface area contributed by atoms with Crippen molar-refractivity contribution < 1.29 is 13.7 Å². The van der Waals surface area contributed by atoms with Crippen molar-refractivity contribution in [2.24, 2.45) is 0 Å². The average molecular weight is 326 g/mol. The third-order valence-electron chi connectivity index (χ3n) is 4.12. The van der Waals surface area contributed by atoms with E-state index >= 15 is 0 Å². The third kappa shape index (κ3) is 3.03. The van der Waals surface area contributed by atoms with E-state index < -0.39 is 0 Å². The van der Waals surface area contributed by atoms with Crippen molar-refractivity contribution in [1.82, 2.24) is 20.4 Å². The number of ether oxygens (including phenoxy) is 1. The quantitative estimate of drug-likeness (QED) is 0.770. The van der Waals surface area contributed by atoms with Crippen LogP contribution in [0.25, 0.3) is 11.5 Å². The Kier molecular flexibility index (Phi) is 4.00. The molecular weight excluding hydrogens is 308 g/mol.